The molecule has 2 heterocycles. The van der Waals surface area contributed by atoms with Gasteiger partial charge >= 0.3 is 0 Å². The standard InChI is InChI=1S/C10H11N5OS/c1-6-5-17-9(14-6)4-13-10(16)7-2-12-3-8(11)15-7/h2-3,5H,4H2,1H3,(H2,11,15)(H,13,16). The van der Waals surface area contributed by atoms with Crippen molar-refractivity contribution in [1.29, 1.82) is 0 Å². The number of nitrogens with two attached hydrogens (primary N) is 1. The molecular weight excluding hydrogens is 238 g/mol. The zero-order chi connectivity index (χ0) is 12.3. The van der Waals surface area contributed by atoms with Gasteiger partial charge in [-0.25, -0.2) is 9.97 Å². The lowest BCUT2D eigenvalue weighted by Crippen LogP contribution is -2.24. The Hall–Kier alpha value is -2.02. The summed E-state index contributed by atoms with van der Waals surface area (Å²) in [6.45, 7) is 2.29. The van der Waals surface area contributed by atoms with Crippen molar-refractivity contribution in [3.05, 3.63) is 34.2 Å². The first-order valence-corrected chi connectivity index (χ1v) is 5.80. The number of hydrogen-bond donors (Lipinski definition) is 2. The number of nitrogens with zero attached hydrogens (tertiary/aromatic N) is 3. The molecule has 2 aromatic rings. The second-order valence-corrected chi connectivity index (χ2v) is 4.34. The van der Waals surface area contributed by atoms with Gasteiger partial charge in [-0.3, -0.25) is 9.78 Å². The van der Waals surface area contributed by atoms with Crippen LogP contribution in [-0.4, -0.2) is 20.9 Å². The average molecular weight is 249 g/mol. The van der Waals surface area contributed by atoms with E-state index in [9.17, 15) is 4.79 Å². The van der Waals surface area contributed by atoms with Crippen LogP contribution in [0.15, 0.2) is 17.8 Å². The van der Waals surface area contributed by atoms with Crippen molar-refractivity contribution < 1.29 is 4.79 Å². The lowest BCUT2D eigenvalue weighted by Gasteiger charge is -2.02. The van der Waals surface area contributed by atoms with E-state index in [0.717, 1.165) is 10.7 Å². The zero-order valence-electron chi connectivity index (χ0n) is 9.17. The van der Waals surface area contributed by atoms with Crippen molar-refractivity contribution in [2.24, 2.45) is 0 Å². The number of anilines is 1. The number of thiazole rings is 1. The second-order valence-electron chi connectivity index (χ2n) is 3.39. The fourth-order valence-electron chi connectivity index (χ4n) is 1.22. The fourth-order valence-corrected chi connectivity index (χ4v) is 1.93. The van der Waals surface area contributed by atoms with Gasteiger partial charge in [0.15, 0.2) is 0 Å². The van der Waals surface area contributed by atoms with Gasteiger partial charge in [0.1, 0.15) is 16.5 Å². The van der Waals surface area contributed by atoms with Crippen LogP contribution in [0.5, 0.6) is 0 Å². The van der Waals surface area contributed by atoms with Crippen molar-refractivity contribution >= 4 is 23.1 Å². The van der Waals surface area contributed by atoms with E-state index in [1.807, 2.05) is 12.3 Å². The Morgan fingerprint density at radius 2 is 2.29 bits per heavy atom. The highest BCUT2D eigenvalue weighted by Crippen LogP contribution is 2.08. The molecule has 0 saturated heterocycles. The number of nitrogen functional groups attached to an aromatic ring is 1. The largest absolute Gasteiger partial charge is 0.382 e. The van der Waals surface area contributed by atoms with Crippen molar-refractivity contribution in [3.63, 3.8) is 0 Å². The first kappa shape index (κ1) is 11.5. The summed E-state index contributed by atoms with van der Waals surface area (Å²) in [5.41, 5.74) is 6.60. The van der Waals surface area contributed by atoms with Crippen LogP contribution in [0.3, 0.4) is 0 Å². The summed E-state index contributed by atoms with van der Waals surface area (Å²) in [6.07, 6.45) is 2.76. The maximum Gasteiger partial charge on any atom is 0.271 e. The second kappa shape index (κ2) is 4.88. The van der Waals surface area contributed by atoms with Gasteiger partial charge in [-0.05, 0) is 6.92 Å². The Balaban J connectivity index is 1.98. The highest BCUT2D eigenvalue weighted by Gasteiger charge is 2.08. The van der Waals surface area contributed by atoms with Crippen LogP contribution >= 0.6 is 11.3 Å². The molecule has 0 saturated carbocycles. The van der Waals surface area contributed by atoms with E-state index in [0.29, 0.717) is 6.54 Å². The molecule has 0 spiro atoms. The Morgan fingerprint density at radius 1 is 1.47 bits per heavy atom. The van der Waals surface area contributed by atoms with Crippen LogP contribution in [0.4, 0.5) is 5.82 Å². The fraction of sp³-hybridized carbons (Fsp3) is 0.200. The summed E-state index contributed by atoms with van der Waals surface area (Å²) in [5.74, 6) is -0.0830. The molecule has 2 aromatic heterocycles. The van der Waals surface area contributed by atoms with Gasteiger partial charge in [-0.1, -0.05) is 0 Å². The van der Waals surface area contributed by atoms with Crippen LogP contribution in [0.25, 0.3) is 0 Å². The molecule has 0 fully saturated rings. The van der Waals surface area contributed by atoms with Crippen LogP contribution in [-0.2, 0) is 6.54 Å². The SMILES string of the molecule is Cc1csc(CNC(=O)c2cncc(N)n2)n1. The molecule has 88 valence electrons. The van der Waals surface area contributed by atoms with Gasteiger partial charge in [0.25, 0.3) is 5.91 Å². The van der Waals surface area contributed by atoms with Crippen LogP contribution in [0.1, 0.15) is 21.2 Å². The van der Waals surface area contributed by atoms with E-state index < -0.39 is 0 Å². The Kier molecular flexibility index (Phi) is 3.29. The highest BCUT2D eigenvalue weighted by atomic mass is 32.1. The highest BCUT2D eigenvalue weighted by molar-refractivity contribution is 7.09. The number of hydrogen-bond acceptors (Lipinski definition) is 6. The zero-order valence-corrected chi connectivity index (χ0v) is 9.99. The van der Waals surface area contributed by atoms with E-state index in [1.165, 1.54) is 23.7 Å². The number of nitrogens with one attached hydrogen (secondary N) is 1. The first-order chi connectivity index (χ1) is 8.15. The summed E-state index contributed by atoms with van der Waals surface area (Å²) in [7, 11) is 0. The quantitative estimate of drug-likeness (QED) is 0.837. The molecule has 6 nitrogen and oxygen atoms in total. The molecule has 7 heteroatoms. The molecular formula is C10H11N5OS. The Labute approximate surface area is 102 Å². The minimum atomic E-state index is -0.308. The van der Waals surface area contributed by atoms with Crippen molar-refractivity contribution in [2.45, 2.75) is 13.5 Å². The third-order valence-corrected chi connectivity index (χ3v) is 2.92. The van der Waals surface area contributed by atoms with E-state index in [2.05, 4.69) is 20.3 Å². The molecule has 1 amide bonds. The molecule has 0 aliphatic carbocycles. The third kappa shape index (κ3) is 2.97. The summed E-state index contributed by atoms with van der Waals surface area (Å²) < 4.78 is 0. The van der Waals surface area contributed by atoms with E-state index in [4.69, 9.17) is 5.73 Å². The predicted octanol–water partition coefficient (Wildman–Crippen LogP) is 0.754. The minimum absolute atomic E-state index is 0.207. The lowest BCUT2D eigenvalue weighted by atomic mass is 10.4. The maximum atomic E-state index is 11.7. The van der Waals surface area contributed by atoms with Crippen LogP contribution < -0.4 is 11.1 Å². The smallest absolute Gasteiger partial charge is 0.271 e. The molecule has 0 radical (unpaired) electrons. The monoisotopic (exact) mass is 249 g/mol. The van der Waals surface area contributed by atoms with Gasteiger partial charge < -0.3 is 11.1 Å². The average Bonchev–Trinajstić information content (AvgIpc) is 2.72. The summed E-state index contributed by atoms with van der Waals surface area (Å²) >= 11 is 1.50. The topological polar surface area (TPSA) is 93.8 Å². The molecule has 0 aliphatic heterocycles. The van der Waals surface area contributed by atoms with Gasteiger partial charge in [-0.15, -0.1) is 11.3 Å². The Bertz CT molecular complexity index is 539. The molecule has 2 rings (SSSR count). The molecule has 0 atom stereocenters. The van der Waals surface area contributed by atoms with Gasteiger partial charge in [0, 0.05) is 11.1 Å². The van der Waals surface area contributed by atoms with Gasteiger partial charge in [-0.2, -0.15) is 0 Å². The number of amides is 1. The van der Waals surface area contributed by atoms with Crippen molar-refractivity contribution in [3.8, 4) is 0 Å². The molecule has 17 heavy (non-hydrogen) atoms. The molecule has 0 aliphatic rings. The lowest BCUT2D eigenvalue weighted by molar-refractivity contribution is 0.0945. The summed E-state index contributed by atoms with van der Waals surface area (Å²) in [6, 6.07) is 0. The predicted molar refractivity (Wildman–Crippen MR) is 64.5 cm³/mol. The molecule has 0 unspecified atom stereocenters. The summed E-state index contributed by atoms with van der Waals surface area (Å²) in [5, 5.41) is 5.49. The number of aromatic nitrogens is 3. The summed E-state index contributed by atoms with van der Waals surface area (Å²) in [4.78, 5) is 23.6. The van der Waals surface area contributed by atoms with E-state index in [-0.39, 0.29) is 17.4 Å². The maximum absolute atomic E-state index is 11.7. The third-order valence-electron chi connectivity index (χ3n) is 1.95. The first-order valence-electron chi connectivity index (χ1n) is 4.92. The van der Waals surface area contributed by atoms with E-state index >= 15 is 0 Å². The van der Waals surface area contributed by atoms with Gasteiger partial charge in [0.05, 0.1) is 18.9 Å². The van der Waals surface area contributed by atoms with Crippen LogP contribution in [0.2, 0.25) is 0 Å². The molecule has 0 bridgehead atoms. The molecule has 0 aromatic carbocycles. The number of aryl methyl sites for hydroxylation is 1. The van der Waals surface area contributed by atoms with Crippen molar-refractivity contribution in [2.75, 3.05) is 5.73 Å². The Morgan fingerprint density at radius 3 is 2.94 bits per heavy atom. The van der Waals surface area contributed by atoms with Crippen molar-refractivity contribution in [1.82, 2.24) is 20.3 Å². The minimum Gasteiger partial charge on any atom is -0.382 e. The van der Waals surface area contributed by atoms with Crippen LogP contribution in [0, 0.1) is 6.92 Å². The number of carbonyl (C=O) groups excluding carboxylic acids is 1. The number of carbonyl (C=O) groups is 1. The normalized spacial score (nSPS) is 10.2. The molecule has 3 N–H and O–H groups in total. The van der Waals surface area contributed by atoms with Gasteiger partial charge in [0.2, 0.25) is 0 Å². The van der Waals surface area contributed by atoms with E-state index in [1.54, 1.807) is 0 Å². The number of rotatable bonds is 3.